The van der Waals surface area contributed by atoms with Crippen LogP contribution in [0.1, 0.15) is 23.6 Å². The van der Waals surface area contributed by atoms with Gasteiger partial charge in [0.05, 0.1) is 18.6 Å². The van der Waals surface area contributed by atoms with Gasteiger partial charge in [-0.25, -0.2) is 8.42 Å². The van der Waals surface area contributed by atoms with E-state index in [4.69, 9.17) is 4.74 Å². The first-order valence-corrected chi connectivity index (χ1v) is 12.3. The van der Waals surface area contributed by atoms with Crippen LogP contribution in [0.4, 0.5) is 0 Å². The summed E-state index contributed by atoms with van der Waals surface area (Å²) >= 11 is 0. The molecular formula is C26H30N2O4S. The number of aryl methyl sites for hydroxylation is 1. The van der Waals surface area contributed by atoms with E-state index in [9.17, 15) is 13.2 Å². The highest BCUT2D eigenvalue weighted by Gasteiger charge is 2.28. The molecule has 174 valence electrons. The Kier molecular flexibility index (Phi) is 8.25. The lowest BCUT2D eigenvalue weighted by molar-refractivity contribution is -0.132. The van der Waals surface area contributed by atoms with E-state index in [2.05, 4.69) is 0 Å². The SMILES string of the molecule is CCN(CC(=O)N(Cc1ccccc1)Cc1ccccc1)S(=O)(=O)c1ccc(OC)c(C)c1. The van der Waals surface area contributed by atoms with Crippen LogP contribution in [0.25, 0.3) is 0 Å². The fourth-order valence-electron chi connectivity index (χ4n) is 3.62. The number of ether oxygens (including phenoxy) is 1. The maximum atomic E-state index is 13.4. The number of carbonyl (C=O) groups excluding carboxylic acids is 1. The summed E-state index contributed by atoms with van der Waals surface area (Å²) < 4.78 is 33.1. The summed E-state index contributed by atoms with van der Waals surface area (Å²) in [5.74, 6) is 0.364. The molecule has 0 saturated heterocycles. The largest absolute Gasteiger partial charge is 0.496 e. The molecule has 0 aliphatic carbocycles. The van der Waals surface area contributed by atoms with Crippen molar-refractivity contribution in [1.29, 1.82) is 0 Å². The molecule has 0 saturated carbocycles. The predicted molar refractivity (Wildman–Crippen MR) is 129 cm³/mol. The Morgan fingerprint density at radius 3 is 1.88 bits per heavy atom. The number of methoxy groups -OCH3 is 1. The van der Waals surface area contributed by atoms with Gasteiger partial charge in [-0.05, 0) is 41.8 Å². The van der Waals surface area contributed by atoms with Gasteiger partial charge in [0.15, 0.2) is 0 Å². The average Bonchev–Trinajstić information content (AvgIpc) is 2.83. The van der Waals surface area contributed by atoms with Gasteiger partial charge in [-0.2, -0.15) is 4.31 Å². The molecule has 1 amide bonds. The van der Waals surface area contributed by atoms with Crippen molar-refractivity contribution >= 4 is 15.9 Å². The first-order valence-electron chi connectivity index (χ1n) is 10.9. The Labute approximate surface area is 196 Å². The number of hydrogen-bond acceptors (Lipinski definition) is 4. The Bertz CT molecular complexity index is 1120. The number of rotatable bonds is 10. The maximum absolute atomic E-state index is 13.4. The second-order valence-corrected chi connectivity index (χ2v) is 9.72. The highest BCUT2D eigenvalue weighted by molar-refractivity contribution is 7.89. The summed E-state index contributed by atoms with van der Waals surface area (Å²) in [5.41, 5.74) is 2.69. The average molecular weight is 467 g/mol. The van der Waals surface area contributed by atoms with E-state index in [1.807, 2.05) is 60.7 Å². The quantitative estimate of drug-likeness (QED) is 0.448. The summed E-state index contributed by atoms with van der Waals surface area (Å²) in [6.45, 7) is 4.27. The van der Waals surface area contributed by atoms with Crippen LogP contribution < -0.4 is 4.74 Å². The van der Waals surface area contributed by atoms with Crippen molar-refractivity contribution in [2.75, 3.05) is 20.2 Å². The molecule has 0 aliphatic rings. The van der Waals surface area contributed by atoms with E-state index in [-0.39, 0.29) is 23.9 Å². The van der Waals surface area contributed by atoms with E-state index in [0.29, 0.717) is 18.8 Å². The van der Waals surface area contributed by atoms with E-state index < -0.39 is 10.0 Å². The molecule has 6 nitrogen and oxygen atoms in total. The molecule has 0 unspecified atom stereocenters. The second kappa shape index (κ2) is 11.1. The molecule has 7 heteroatoms. The summed E-state index contributed by atoms with van der Waals surface area (Å²) in [6.07, 6.45) is 0. The third-order valence-corrected chi connectivity index (χ3v) is 7.37. The Balaban J connectivity index is 1.84. The van der Waals surface area contributed by atoms with Gasteiger partial charge >= 0.3 is 0 Å². The van der Waals surface area contributed by atoms with Crippen LogP contribution in [0.2, 0.25) is 0 Å². The van der Waals surface area contributed by atoms with Gasteiger partial charge in [-0.15, -0.1) is 0 Å². The van der Waals surface area contributed by atoms with Crippen LogP contribution in [0.5, 0.6) is 5.75 Å². The van der Waals surface area contributed by atoms with Crippen molar-refractivity contribution in [2.24, 2.45) is 0 Å². The van der Waals surface area contributed by atoms with Crippen molar-refractivity contribution in [1.82, 2.24) is 9.21 Å². The molecule has 0 spiro atoms. The number of sulfonamides is 1. The van der Waals surface area contributed by atoms with Crippen molar-refractivity contribution in [3.63, 3.8) is 0 Å². The molecule has 3 aromatic carbocycles. The minimum Gasteiger partial charge on any atom is -0.496 e. The van der Waals surface area contributed by atoms with Gasteiger partial charge in [-0.3, -0.25) is 4.79 Å². The number of benzene rings is 3. The second-order valence-electron chi connectivity index (χ2n) is 7.78. The fourth-order valence-corrected chi connectivity index (χ4v) is 5.10. The highest BCUT2D eigenvalue weighted by atomic mass is 32.2. The molecule has 0 fully saturated rings. The Morgan fingerprint density at radius 2 is 1.42 bits per heavy atom. The predicted octanol–water partition coefficient (Wildman–Crippen LogP) is 4.24. The van der Waals surface area contributed by atoms with Crippen LogP contribution in [-0.2, 0) is 27.9 Å². The first kappa shape index (κ1) is 24.5. The van der Waals surface area contributed by atoms with Crippen LogP contribution in [0.3, 0.4) is 0 Å². The fraction of sp³-hybridized carbons (Fsp3) is 0.269. The van der Waals surface area contributed by atoms with Crippen LogP contribution in [0.15, 0.2) is 83.8 Å². The lowest BCUT2D eigenvalue weighted by atomic mass is 10.1. The Morgan fingerprint density at radius 1 is 0.879 bits per heavy atom. The molecule has 0 bridgehead atoms. The summed E-state index contributed by atoms with van der Waals surface area (Å²) in [4.78, 5) is 15.2. The molecule has 0 heterocycles. The first-order chi connectivity index (χ1) is 15.8. The molecular weight excluding hydrogens is 436 g/mol. The monoisotopic (exact) mass is 466 g/mol. The van der Waals surface area contributed by atoms with Gasteiger partial charge in [0.25, 0.3) is 0 Å². The number of likely N-dealkylation sites (N-methyl/N-ethyl adjacent to an activating group) is 1. The molecule has 0 aromatic heterocycles. The van der Waals surface area contributed by atoms with Gasteiger partial charge in [0.1, 0.15) is 5.75 Å². The molecule has 3 rings (SSSR count). The third-order valence-electron chi connectivity index (χ3n) is 5.45. The van der Waals surface area contributed by atoms with Crippen LogP contribution in [-0.4, -0.2) is 43.7 Å². The highest BCUT2D eigenvalue weighted by Crippen LogP contribution is 2.24. The number of carbonyl (C=O) groups is 1. The van der Waals surface area contributed by atoms with Crippen LogP contribution >= 0.6 is 0 Å². The number of hydrogen-bond donors (Lipinski definition) is 0. The van der Waals surface area contributed by atoms with Gasteiger partial charge < -0.3 is 9.64 Å². The van der Waals surface area contributed by atoms with Crippen molar-refractivity contribution in [3.05, 3.63) is 95.6 Å². The lowest BCUT2D eigenvalue weighted by Crippen LogP contribution is -2.42. The van der Waals surface area contributed by atoms with Crippen LogP contribution in [0, 0.1) is 6.92 Å². The third kappa shape index (κ3) is 6.21. The molecule has 0 aliphatic heterocycles. The summed E-state index contributed by atoms with van der Waals surface area (Å²) in [7, 11) is -2.30. The standard InChI is InChI=1S/C26H30N2O4S/c1-4-28(33(30,31)24-15-16-25(32-3)21(2)17-24)20-26(29)27(18-22-11-7-5-8-12-22)19-23-13-9-6-10-14-23/h5-17H,4,18-20H2,1-3H3. The number of nitrogens with zero attached hydrogens (tertiary/aromatic N) is 2. The van der Waals surface area contributed by atoms with Gasteiger partial charge in [0.2, 0.25) is 15.9 Å². The lowest BCUT2D eigenvalue weighted by Gasteiger charge is -2.27. The Hall–Kier alpha value is -3.16. The van der Waals surface area contributed by atoms with E-state index in [1.54, 1.807) is 38.0 Å². The minimum absolute atomic E-state index is 0.146. The van der Waals surface area contributed by atoms with Gasteiger partial charge in [-0.1, -0.05) is 67.6 Å². The topological polar surface area (TPSA) is 66.9 Å². The molecule has 33 heavy (non-hydrogen) atoms. The smallest absolute Gasteiger partial charge is 0.243 e. The minimum atomic E-state index is -3.84. The number of amides is 1. The molecule has 0 radical (unpaired) electrons. The zero-order valence-electron chi connectivity index (χ0n) is 19.3. The summed E-state index contributed by atoms with van der Waals surface area (Å²) in [6, 6.07) is 24.1. The zero-order valence-corrected chi connectivity index (χ0v) is 20.1. The van der Waals surface area contributed by atoms with Crippen molar-refractivity contribution < 1.29 is 17.9 Å². The van der Waals surface area contributed by atoms with Crippen molar-refractivity contribution in [3.8, 4) is 5.75 Å². The van der Waals surface area contributed by atoms with E-state index in [0.717, 1.165) is 16.7 Å². The van der Waals surface area contributed by atoms with Crippen molar-refractivity contribution in [2.45, 2.75) is 31.8 Å². The zero-order chi connectivity index (χ0) is 23.8. The van der Waals surface area contributed by atoms with E-state index >= 15 is 0 Å². The normalized spacial score (nSPS) is 11.4. The van der Waals surface area contributed by atoms with Gasteiger partial charge in [0, 0.05) is 19.6 Å². The molecule has 3 aromatic rings. The van der Waals surface area contributed by atoms with E-state index in [1.165, 1.54) is 10.4 Å². The summed E-state index contributed by atoms with van der Waals surface area (Å²) in [5, 5.41) is 0. The molecule has 0 atom stereocenters. The maximum Gasteiger partial charge on any atom is 0.243 e. The molecule has 0 N–H and O–H groups in total.